The molecule has 0 aromatic carbocycles. The summed E-state index contributed by atoms with van der Waals surface area (Å²) in [5, 5.41) is 0.100. The van der Waals surface area contributed by atoms with Crippen LogP contribution in [0.5, 0.6) is 5.88 Å². The van der Waals surface area contributed by atoms with Crippen LogP contribution in [0.3, 0.4) is 0 Å². The highest BCUT2D eigenvalue weighted by Crippen LogP contribution is 2.66. The number of halogens is 6. The van der Waals surface area contributed by atoms with Crippen molar-refractivity contribution in [3.8, 4) is 5.88 Å². The third kappa shape index (κ3) is 4.39. The maximum Gasteiger partial charge on any atom is 0.422 e. The van der Waals surface area contributed by atoms with Gasteiger partial charge < -0.3 is 10.1 Å². The third-order valence-corrected chi connectivity index (χ3v) is 4.27. The largest absolute Gasteiger partial charge is 0.468 e. The molecule has 0 aliphatic heterocycles. The standard InChI is InChI=1S/C13H11F6N2O2Si/c14-12(15,16)6-23-9-3-7(1-2-20-9)5-21-10(22)8-4-11(8,24)13(17,18)19/h1-3,8H,4-6H2,(H,21,22)/t8-,11-/m1/s1. The van der Waals surface area contributed by atoms with Crippen LogP contribution in [0.15, 0.2) is 18.3 Å². The molecule has 1 aromatic heterocycles. The summed E-state index contributed by atoms with van der Waals surface area (Å²) in [6.45, 7) is -1.67. The fourth-order valence-electron chi connectivity index (χ4n) is 2.00. The van der Waals surface area contributed by atoms with Gasteiger partial charge in [0.05, 0.1) is 5.04 Å². The molecule has 2 rings (SSSR count). The summed E-state index contributed by atoms with van der Waals surface area (Å²) in [4.78, 5) is 15.3. The van der Waals surface area contributed by atoms with Crippen molar-refractivity contribution in [2.45, 2.75) is 30.4 Å². The van der Waals surface area contributed by atoms with E-state index in [9.17, 15) is 31.1 Å². The van der Waals surface area contributed by atoms with Crippen molar-refractivity contribution in [1.29, 1.82) is 0 Å². The number of carbonyl (C=O) groups is 1. The summed E-state index contributed by atoms with van der Waals surface area (Å²) in [5.74, 6) is -2.33. The van der Waals surface area contributed by atoms with Crippen LogP contribution in [0.25, 0.3) is 0 Å². The minimum atomic E-state index is -4.54. The molecule has 11 heteroatoms. The Morgan fingerprint density at radius 2 is 2.04 bits per heavy atom. The molecule has 1 heterocycles. The molecule has 0 unspecified atom stereocenters. The molecule has 0 saturated heterocycles. The molecule has 1 aliphatic carbocycles. The van der Waals surface area contributed by atoms with E-state index in [1.807, 2.05) is 0 Å². The van der Waals surface area contributed by atoms with Gasteiger partial charge in [-0.25, -0.2) is 4.98 Å². The number of alkyl halides is 6. The normalized spacial score (nSPS) is 23.7. The molecule has 1 saturated carbocycles. The van der Waals surface area contributed by atoms with Crippen molar-refractivity contribution in [3.63, 3.8) is 0 Å². The quantitative estimate of drug-likeness (QED) is 0.641. The molecule has 131 valence electrons. The van der Waals surface area contributed by atoms with E-state index >= 15 is 0 Å². The molecule has 24 heavy (non-hydrogen) atoms. The lowest BCUT2D eigenvalue weighted by molar-refractivity contribution is -0.154. The highest BCUT2D eigenvalue weighted by Gasteiger charge is 2.69. The summed E-state index contributed by atoms with van der Waals surface area (Å²) in [6.07, 6.45) is -8.25. The molecule has 1 fully saturated rings. The first-order chi connectivity index (χ1) is 10.9. The van der Waals surface area contributed by atoms with E-state index in [4.69, 9.17) is 0 Å². The first kappa shape index (κ1) is 18.6. The van der Waals surface area contributed by atoms with Crippen LogP contribution in [0, 0.1) is 5.92 Å². The Hall–Kier alpha value is -1.78. The number of ether oxygens (including phenoxy) is 1. The highest BCUT2D eigenvalue weighted by molar-refractivity contribution is 6.21. The second-order valence-corrected chi connectivity index (χ2v) is 6.24. The molecular formula is C13H11F6N2O2Si. The number of rotatable bonds is 5. The average Bonchev–Trinajstić information content (AvgIpc) is 3.16. The van der Waals surface area contributed by atoms with Crippen LogP contribution in [-0.2, 0) is 11.3 Å². The predicted molar refractivity (Wildman–Crippen MR) is 70.2 cm³/mol. The van der Waals surface area contributed by atoms with Crippen LogP contribution < -0.4 is 10.1 Å². The van der Waals surface area contributed by atoms with Crippen LogP contribution in [0.4, 0.5) is 26.3 Å². The lowest BCUT2D eigenvalue weighted by Crippen LogP contribution is -2.30. The molecule has 3 radical (unpaired) electrons. The number of amides is 1. The monoisotopic (exact) mass is 369 g/mol. The Labute approximate surface area is 136 Å². The summed E-state index contributed by atoms with van der Waals surface area (Å²) in [6, 6.07) is 2.57. The van der Waals surface area contributed by atoms with Gasteiger partial charge in [-0.2, -0.15) is 26.3 Å². The zero-order valence-electron chi connectivity index (χ0n) is 12.0. The van der Waals surface area contributed by atoms with E-state index in [0.29, 0.717) is 5.56 Å². The first-order valence-electron chi connectivity index (χ1n) is 6.66. The molecule has 4 nitrogen and oxygen atoms in total. The van der Waals surface area contributed by atoms with Crippen LogP contribution >= 0.6 is 0 Å². The van der Waals surface area contributed by atoms with Crippen molar-refractivity contribution in [1.82, 2.24) is 10.3 Å². The van der Waals surface area contributed by atoms with Gasteiger partial charge >= 0.3 is 12.4 Å². The van der Waals surface area contributed by atoms with Crippen molar-refractivity contribution < 1.29 is 35.9 Å². The zero-order valence-corrected chi connectivity index (χ0v) is 13.0. The Balaban J connectivity index is 1.88. The lowest BCUT2D eigenvalue weighted by atomic mass is 10.2. The van der Waals surface area contributed by atoms with Crippen LogP contribution in [0.2, 0.25) is 5.04 Å². The fourth-order valence-corrected chi connectivity index (χ4v) is 2.34. The fraction of sp³-hybridized carbons (Fsp3) is 0.538. The van der Waals surface area contributed by atoms with Crippen LogP contribution in [0.1, 0.15) is 12.0 Å². The van der Waals surface area contributed by atoms with E-state index in [2.05, 4.69) is 25.3 Å². The maximum atomic E-state index is 12.7. The molecule has 0 bridgehead atoms. The van der Waals surface area contributed by atoms with Crippen LogP contribution in [-0.4, -0.2) is 40.1 Å². The topological polar surface area (TPSA) is 51.2 Å². The summed E-state index contributed by atoms with van der Waals surface area (Å²) < 4.78 is 78.7. The molecule has 1 aromatic rings. The van der Waals surface area contributed by atoms with E-state index in [1.54, 1.807) is 0 Å². The summed E-state index contributed by atoms with van der Waals surface area (Å²) >= 11 is 0. The minimum absolute atomic E-state index is 0.152. The molecule has 1 amide bonds. The second-order valence-electron chi connectivity index (χ2n) is 5.35. The van der Waals surface area contributed by atoms with Gasteiger partial charge in [-0.15, -0.1) is 0 Å². The predicted octanol–water partition coefficient (Wildman–Crippen LogP) is 2.55. The van der Waals surface area contributed by atoms with Gasteiger partial charge in [0.25, 0.3) is 0 Å². The van der Waals surface area contributed by atoms with E-state index in [1.165, 1.54) is 18.3 Å². The van der Waals surface area contributed by atoms with Gasteiger partial charge in [0, 0.05) is 35.0 Å². The van der Waals surface area contributed by atoms with Crippen molar-refractivity contribution in [2.75, 3.05) is 6.61 Å². The highest BCUT2D eigenvalue weighted by atomic mass is 28.1. The Kier molecular flexibility index (Phi) is 4.84. The smallest absolute Gasteiger partial charge is 0.422 e. The van der Waals surface area contributed by atoms with Gasteiger partial charge in [0.1, 0.15) is 0 Å². The molecular weight excluding hydrogens is 358 g/mol. The Morgan fingerprint density at radius 1 is 1.38 bits per heavy atom. The average molecular weight is 369 g/mol. The maximum absolute atomic E-state index is 12.7. The SMILES string of the molecule is O=C(NCc1ccnc(OCC(F)(F)F)c1)[C@H]1C[C@]1([Si])C(F)(F)F. The number of carbonyl (C=O) groups excluding carboxylic acids is 1. The molecule has 1 aliphatic rings. The number of hydrogen-bond donors (Lipinski definition) is 1. The summed E-state index contributed by atoms with van der Waals surface area (Å²) in [7, 11) is 2.59. The first-order valence-corrected chi connectivity index (χ1v) is 7.16. The Morgan fingerprint density at radius 3 is 2.58 bits per heavy atom. The van der Waals surface area contributed by atoms with Gasteiger partial charge in [0.2, 0.25) is 11.8 Å². The van der Waals surface area contributed by atoms with Gasteiger partial charge in [-0.05, 0) is 18.1 Å². The zero-order chi connectivity index (χ0) is 18.2. The van der Waals surface area contributed by atoms with Crippen molar-refractivity contribution in [3.05, 3.63) is 23.9 Å². The van der Waals surface area contributed by atoms with Gasteiger partial charge in [-0.3, -0.25) is 4.79 Å². The third-order valence-electron chi connectivity index (χ3n) is 3.43. The number of hydrogen-bond acceptors (Lipinski definition) is 3. The van der Waals surface area contributed by atoms with Crippen molar-refractivity contribution >= 4 is 16.1 Å². The van der Waals surface area contributed by atoms with E-state index in [-0.39, 0.29) is 18.8 Å². The lowest BCUT2D eigenvalue weighted by Gasteiger charge is -2.15. The number of aromatic nitrogens is 1. The van der Waals surface area contributed by atoms with E-state index in [0.717, 1.165) is 0 Å². The van der Waals surface area contributed by atoms with Gasteiger partial charge in [0.15, 0.2) is 6.61 Å². The van der Waals surface area contributed by atoms with E-state index < -0.39 is 35.8 Å². The van der Waals surface area contributed by atoms with Gasteiger partial charge in [-0.1, -0.05) is 0 Å². The molecule has 2 atom stereocenters. The number of nitrogens with zero attached hydrogens (tertiary/aromatic N) is 1. The second kappa shape index (κ2) is 6.26. The minimum Gasteiger partial charge on any atom is -0.468 e. The number of pyridine rings is 1. The Bertz CT molecular complexity index is 621. The molecule has 0 spiro atoms. The number of nitrogens with one attached hydrogen (secondary N) is 1. The summed E-state index contributed by atoms with van der Waals surface area (Å²) in [5.41, 5.74) is 0.350. The van der Waals surface area contributed by atoms with Crippen molar-refractivity contribution in [2.24, 2.45) is 5.92 Å². The molecule has 1 N–H and O–H groups in total.